The van der Waals surface area contributed by atoms with Gasteiger partial charge in [-0.3, -0.25) is 0 Å². The Morgan fingerprint density at radius 1 is 0.629 bits per heavy atom. The second-order valence-corrected chi connectivity index (χ2v) is 6.17. The van der Waals surface area contributed by atoms with Crippen molar-refractivity contribution in [2.24, 2.45) is 0 Å². The van der Waals surface area contributed by atoms with Crippen molar-refractivity contribution in [1.82, 2.24) is 0 Å². The minimum Gasteiger partial charge on any atom is -0.449 e. The minimum absolute atomic E-state index is 0.290. The first-order valence-corrected chi connectivity index (χ1v) is 9.90. The van der Waals surface area contributed by atoms with Gasteiger partial charge >= 0.3 is 18.5 Å². The van der Waals surface area contributed by atoms with E-state index >= 15 is 0 Å². The molecule has 35 heavy (non-hydrogen) atoms. The van der Waals surface area contributed by atoms with E-state index in [9.17, 15) is 14.4 Å². The smallest absolute Gasteiger partial charge is 0.449 e. The van der Waals surface area contributed by atoms with Crippen molar-refractivity contribution in [2.75, 3.05) is 13.2 Å². The van der Waals surface area contributed by atoms with E-state index in [2.05, 4.69) is 14.2 Å². The lowest BCUT2D eigenvalue weighted by molar-refractivity contribution is 0.0176. The summed E-state index contributed by atoms with van der Waals surface area (Å²) in [4.78, 5) is 30.9. The van der Waals surface area contributed by atoms with Crippen molar-refractivity contribution in [3.8, 4) is 17.2 Å². The molecule has 0 aliphatic carbocycles. The van der Waals surface area contributed by atoms with Crippen LogP contribution in [0.5, 0.6) is 17.2 Å². The van der Waals surface area contributed by atoms with Gasteiger partial charge in [-0.05, 0) is 36.4 Å². The molecular weight excluding hydrogens is 464 g/mol. The molecule has 11 nitrogen and oxygen atoms in total. The number of rotatable bonds is 6. The summed E-state index contributed by atoms with van der Waals surface area (Å²) in [7, 11) is 0. The number of carboxylic acid groups (broad SMARTS) is 2. The molecule has 0 aliphatic rings. The Labute approximate surface area is 200 Å². The summed E-state index contributed by atoms with van der Waals surface area (Å²) in [5.74, 6) is 1.05. The Bertz CT molecular complexity index is 944. The molecule has 0 fully saturated rings. The highest BCUT2D eigenvalue weighted by atomic mass is 16.7. The molecule has 11 heteroatoms. The fraction of sp³-hybridized carbons (Fsp3) is 0.125. The first kappa shape index (κ1) is 28.4. The second-order valence-electron chi connectivity index (χ2n) is 6.17. The van der Waals surface area contributed by atoms with E-state index in [1.54, 1.807) is 91.0 Å². The van der Waals surface area contributed by atoms with Crippen LogP contribution in [-0.2, 0) is 4.74 Å². The molecule has 0 saturated carbocycles. The topological polar surface area (TPSA) is 169 Å². The maximum atomic E-state index is 11.0. The van der Waals surface area contributed by atoms with Crippen LogP contribution in [0.25, 0.3) is 0 Å². The SMILES string of the molecule is O=C(O)Oc1ccccc1.O=C(O)Oc1ccccc1.O=C(OCC(O)CO)Oc1ccccc1. The van der Waals surface area contributed by atoms with Crippen LogP contribution < -0.4 is 14.2 Å². The molecule has 0 bridgehead atoms. The van der Waals surface area contributed by atoms with Gasteiger partial charge in [0, 0.05) is 0 Å². The maximum Gasteiger partial charge on any atom is 0.513 e. The van der Waals surface area contributed by atoms with Crippen LogP contribution in [0.1, 0.15) is 0 Å². The van der Waals surface area contributed by atoms with E-state index in [1.165, 1.54) is 0 Å². The van der Waals surface area contributed by atoms with Crippen LogP contribution in [0, 0.1) is 0 Å². The third-order valence-corrected chi connectivity index (χ3v) is 3.45. The number of para-hydroxylation sites is 3. The number of ether oxygens (including phenoxy) is 4. The summed E-state index contributed by atoms with van der Waals surface area (Å²) < 4.78 is 17.9. The molecule has 0 aromatic heterocycles. The van der Waals surface area contributed by atoms with Crippen molar-refractivity contribution >= 4 is 18.5 Å². The van der Waals surface area contributed by atoms with Gasteiger partial charge in [0.15, 0.2) is 0 Å². The third-order valence-electron chi connectivity index (χ3n) is 3.45. The fourth-order valence-electron chi connectivity index (χ4n) is 2.01. The molecule has 4 N–H and O–H groups in total. The fourth-order valence-corrected chi connectivity index (χ4v) is 2.01. The van der Waals surface area contributed by atoms with Gasteiger partial charge in [0.05, 0.1) is 6.61 Å². The second kappa shape index (κ2) is 16.9. The summed E-state index contributed by atoms with van der Waals surface area (Å²) in [6.07, 6.45) is -4.56. The predicted octanol–water partition coefficient (Wildman–Crippen LogP) is 4.04. The molecule has 186 valence electrons. The number of hydrogen-bond acceptors (Lipinski definition) is 9. The van der Waals surface area contributed by atoms with Gasteiger partial charge in [0.1, 0.15) is 30.0 Å². The molecule has 3 aromatic rings. The Kier molecular flexibility index (Phi) is 13.8. The van der Waals surface area contributed by atoms with Crippen LogP contribution in [0.3, 0.4) is 0 Å². The Hall–Kier alpha value is -4.61. The lowest BCUT2D eigenvalue weighted by Crippen LogP contribution is -2.23. The average molecular weight is 488 g/mol. The molecule has 0 radical (unpaired) electrons. The highest BCUT2D eigenvalue weighted by molar-refractivity contribution is 5.63. The summed E-state index contributed by atoms with van der Waals surface area (Å²) >= 11 is 0. The van der Waals surface area contributed by atoms with E-state index in [0.717, 1.165) is 0 Å². The Morgan fingerprint density at radius 3 is 1.29 bits per heavy atom. The van der Waals surface area contributed by atoms with Gasteiger partial charge in [-0.2, -0.15) is 0 Å². The molecular formula is C24H24O11. The number of hydrogen-bond donors (Lipinski definition) is 4. The molecule has 0 spiro atoms. The summed E-state index contributed by atoms with van der Waals surface area (Å²) in [5, 5.41) is 33.6. The van der Waals surface area contributed by atoms with Crippen molar-refractivity contribution in [3.63, 3.8) is 0 Å². The van der Waals surface area contributed by atoms with Gasteiger partial charge in [0.2, 0.25) is 0 Å². The molecule has 0 amide bonds. The lowest BCUT2D eigenvalue weighted by Gasteiger charge is -2.08. The Balaban J connectivity index is 0.000000271. The first-order valence-electron chi connectivity index (χ1n) is 9.90. The monoisotopic (exact) mass is 488 g/mol. The number of benzene rings is 3. The Morgan fingerprint density at radius 2 is 0.971 bits per heavy atom. The lowest BCUT2D eigenvalue weighted by atomic mass is 10.3. The average Bonchev–Trinajstić information content (AvgIpc) is 2.84. The van der Waals surface area contributed by atoms with Crippen molar-refractivity contribution in [2.45, 2.75) is 6.10 Å². The summed E-state index contributed by atoms with van der Waals surface area (Å²) in [5.41, 5.74) is 0. The quantitative estimate of drug-likeness (QED) is 0.292. The molecule has 0 saturated heterocycles. The van der Waals surface area contributed by atoms with E-state index < -0.39 is 31.2 Å². The highest BCUT2D eigenvalue weighted by Crippen LogP contribution is 2.09. The normalized spacial score (nSPS) is 10.1. The van der Waals surface area contributed by atoms with Crippen LogP contribution in [-0.4, -0.2) is 58.2 Å². The van der Waals surface area contributed by atoms with Gasteiger partial charge in [0.25, 0.3) is 0 Å². The summed E-state index contributed by atoms with van der Waals surface area (Å²) in [6, 6.07) is 25.1. The van der Waals surface area contributed by atoms with E-state index in [-0.39, 0.29) is 6.61 Å². The van der Waals surface area contributed by atoms with Gasteiger partial charge in [-0.15, -0.1) is 0 Å². The number of aliphatic hydroxyl groups is 2. The van der Waals surface area contributed by atoms with Crippen LogP contribution in [0.15, 0.2) is 91.0 Å². The number of carbonyl (C=O) groups excluding carboxylic acids is 1. The number of aliphatic hydroxyl groups excluding tert-OH is 2. The van der Waals surface area contributed by atoms with Gasteiger partial charge < -0.3 is 39.4 Å². The number of carbonyl (C=O) groups is 3. The molecule has 3 rings (SSSR count). The van der Waals surface area contributed by atoms with E-state index in [0.29, 0.717) is 17.2 Å². The molecule has 3 aromatic carbocycles. The van der Waals surface area contributed by atoms with Crippen LogP contribution >= 0.6 is 0 Å². The first-order chi connectivity index (χ1) is 16.8. The highest BCUT2D eigenvalue weighted by Gasteiger charge is 2.09. The van der Waals surface area contributed by atoms with Crippen molar-refractivity contribution in [3.05, 3.63) is 91.0 Å². The van der Waals surface area contributed by atoms with Crippen LogP contribution in [0.4, 0.5) is 14.4 Å². The largest absolute Gasteiger partial charge is 0.513 e. The predicted molar refractivity (Wildman–Crippen MR) is 122 cm³/mol. The van der Waals surface area contributed by atoms with E-state index in [1.807, 2.05) is 0 Å². The van der Waals surface area contributed by atoms with Gasteiger partial charge in [-0.25, -0.2) is 14.4 Å². The molecule has 0 heterocycles. The van der Waals surface area contributed by atoms with Crippen molar-refractivity contribution in [1.29, 1.82) is 0 Å². The zero-order valence-corrected chi connectivity index (χ0v) is 18.3. The zero-order valence-electron chi connectivity index (χ0n) is 18.3. The van der Waals surface area contributed by atoms with E-state index in [4.69, 9.17) is 25.2 Å². The molecule has 1 unspecified atom stereocenters. The van der Waals surface area contributed by atoms with Crippen molar-refractivity contribution < 1.29 is 53.8 Å². The van der Waals surface area contributed by atoms with Gasteiger partial charge in [-0.1, -0.05) is 54.6 Å². The van der Waals surface area contributed by atoms with Crippen LogP contribution in [0.2, 0.25) is 0 Å². The zero-order chi connectivity index (χ0) is 25.9. The standard InChI is InChI=1S/C10H12O5.2C7H6O3/c11-6-8(12)7-14-10(13)15-9-4-2-1-3-5-9;2*8-7(9)10-6-4-2-1-3-5-6/h1-5,8,11-12H,6-7H2;2*1-5H,(H,8,9). The maximum absolute atomic E-state index is 11.0. The minimum atomic E-state index is -1.29. The molecule has 1 atom stereocenters. The summed E-state index contributed by atoms with van der Waals surface area (Å²) in [6.45, 7) is -0.749. The third kappa shape index (κ3) is 15.0. The molecule has 0 aliphatic heterocycles.